The molecule has 1 atom stereocenters. The molecule has 2 rings (SSSR count). The molecule has 1 N–H and O–H groups in total. The Labute approximate surface area is 142 Å². The van der Waals surface area contributed by atoms with E-state index < -0.39 is 10.0 Å². The largest absolute Gasteiger partial charge is 0.381 e. The highest BCUT2D eigenvalue weighted by molar-refractivity contribution is 7.89. The summed E-state index contributed by atoms with van der Waals surface area (Å²) < 4.78 is 32.9. The molecule has 0 radical (unpaired) electrons. The van der Waals surface area contributed by atoms with Crippen LogP contribution in [0, 0.1) is 11.8 Å². The Bertz CT molecular complexity index is 458. The van der Waals surface area contributed by atoms with Crippen molar-refractivity contribution in [2.45, 2.75) is 58.4 Å². The Kier molecular flexibility index (Phi) is 6.89. The Morgan fingerprint density at radius 1 is 1.17 bits per heavy atom. The lowest BCUT2D eigenvalue weighted by molar-refractivity contribution is 0.0678. The van der Waals surface area contributed by atoms with Gasteiger partial charge in [0.2, 0.25) is 10.0 Å². The van der Waals surface area contributed by atoms with E-state index in [0.29, 0.717) is 19.8 Å². The van der Waals surface area contributed by atoms with Crippen LogP contribution in [0.15, 0.2) is 0 Å². The first-order chi connectivity index (χ1) is 10.8. The average molecular weight is 347 g/mol. The van der Waals surface area contributed by atoms with Crippen molar-refractivity contribution in [1.29, 1.82) is 0 Å². The summed E-state index contributed by atoms with van der Waals surface area (Å²) in [6.07, 6.45) is 5.45. The first-order valence-corrected chi connectivity index (χ1v) is 10.8. The number of hydrogen-bond donors (Lipinski definition) is 1. The minimum Gasteiger partial charge on any atom is -0.381 e. The van der Waals surface area contributed by atoms with Crippen molar-refractivity contribution in [3.8, 4) is 0 Å². The van der Waals surface area contributed by atoms with Crippen LogP contribution in [0.25, 0.3) is 0 Å². The van der Waals surface area contributed by atoms with Crippen LogP contribution in [-0.2, 0) is 14.8 Å². The normalized spacial score (nSPS) is 25.6. The summed E-state index contributed by atoms with van der Waals surface area (Å²) in [5.41, 5.74) is -0.128. The van der Waals surface area contributed by atoms with Crippen LogP contribution >= 0.6 is 0 Å². The SMILES string of the molecule is CC[C@@H]1CCCN(C(C)(C)CNS(=O)(=O)CC2CCOCC2)C1. The van der Waals surface area contributed by atoms with Gasteiger partial charge in [0.25, 0.3) is 0 Å². The van der Waals surface area contributed by atoms with Crippen LogP contribution in [-0.4, -0.2) is 57.5 Å². The molecule has 0 bridgehead atoms. The van der Waals surface area contributed by atoms with E-state index in [0.717, 1.165) is 31.8 Å². The van der Waals surface area contributed by atoms with Crippen molar-refractivity contribution in [1.82, 2.24) is 9.62 Å². The van der Waals surface area contributed by atoms with Gasteiger partial charge in [-0.1, -0.05) is 13.3 Å². The molecule has 2 heterocycles. The third-order valence-electron chi connectivity index (χ3n) is 5.47. The maximum Gasteiger partial charge on any atom is 0.211 e. The number of piperidine rings is 1. The van der Waals surface area contributed by atoms with E-state index in [2.05, 4.69) is 30.4 Å². The lowest BCUT2D eigenvalue weighted by Gasteiger charge is -2.43. The van der Waals surface area contributed by atoms with Crippen LogP contribution in [0.3, 0.4) is 0 Å². The van der Waals surface area contributed by atoms with Crippen LogP contribution < -0.4 is 4.72 Å². The van der Waals surface area contributed by atoms with E-state index in [-0.39, 0.29) is 17.2 Å². The van der Waals surface area contributed by atoms with Gasteiger partial charge in [-0.2, -0.15) is 0 Å². The van der Waals surface area contributed by atoms with Crippen molar-refractivity contribution in [2.24, 2.45) is 11.8 Å². The number of sulfonamides is 1. The molecule has 0 amide bonds. The monoisotopic (exact) mass is 346 g/mol. The van der Waals surface area contributed by atoms with Gasteiger partial charge in [-0.3, -0.25) is 4.90 Å². The molecule has 2 aliphatic rings. The number of nitrogens with one attached hydrogen (secondary N) is 1. The molecule has 136 valence electrons. The summed E-state index contributed by atoms with van der Waals surface area (Å²) in [4.78, 5) is 2.46. The van der Waals surface area contributed by atoms with Gasteiger partial charge in [0.1, 0.15) is 0 Å². The zero-order valence-corrected chi connectivity index (χ0v) is 15.8. The van der Waals surface area contributed by atoms with Gasteiger partial charge in [-0.05, 0) is 57.9 Å². The van der Waals surface area contributed by atoms with Gasteiger partial charge in [-0.15, -0.1) is 0 Å². The van der Waals surface area contributed by atoms with E-state index in [1.54, 1.807) is 0 Å². The lowest BCUT2D eigenvalue weighted by Crippen LogP contribution is -2.55. The summed E-state index contributed by atoms with van der Waals surface area (Å²) in [6.45, 7) is 10.6. The lowest BCUT2D eigenvalue weighted by atomic mass is 9.91. The Morgan fingerprint density at radius 3 is 2.52 bits per heavy atom. The van der Waals surface area contributed by atoms with Gasteiger partial charge in [0.05, 0.1) is 5.75 Å². The van der Waals surface area contributed by atoms with E-state index in [1.165, 1.54) is 19.3 Å². The molecule has 0 aromatic rings. The Hall–Kier alpha value is -0.170. The van der Waals surface area contributed by atoms with E-state index in [4.69, 9.17) is 4.74 Å². The summed E-state index contributed by atoms with van der Waals surface area (Å²) in [5, 5.41) is 0. The maximum atomic E-state index is 12.4. The summed E-state index contributed by atoms with van der Waals surface area (Å²) in [7, 11) is -3.20. The third-order valence-corrected chi connectivity index (χ3v) is 6.97. The molecule has 2 aliphatic heterocycles. The third kappa shape index (κ3) is 6.00. The summed E-state index contributed by atoms with van der Waals surface area (Å²) in [6, 6.07) is 0. The molecule has 0 aromatic heterocycles. The molecular weight excluding hydrogens is 312 g/mol. The van der Waals surface area contributed by atoms with Crippen LogP contribution in [0.4, 0.5) is 0 Å². The van der Waals surface area contributed by atoms with Gasteiger partial charge < -0.3 is 4.74 Å². The quantitative estimate of drug-likeness (QED) is 0.768. The second-order valence-corrected chi connectivity index (χ2v) is 9.68. The van der Waals surface area contributed by atoms with Crippen molar-refractivity contribution in [3.05, 3.63) is 0 Å². The Balaban J connectivity index is 1.84. The zero-order valence-electron chi connectivity index (χ0n) is 15.0. The first-order valence-electron chi connectivity index (χ1n) is 9.12. The van der Waals surface area contributed by atoms with Crippen molar-refractivity contribution < 1.29 is 13.2 Å². The molecule has 23 heavy (non-hydrogen) atoms. The predicted octanol–water partition coefficient (Wildman–Crippen LogP) is 2.23. The molecule has 0 aliphatic carbocycles. The Morgan fingerprint density at radius 2 is 1.87 bits per heavy atom. The standard InChI is InChI=1S/C17H34N2O3S/c1-4-15-6-5-9-19(12-15)17(2,3)14-18-23(20,21)13-16-7-10-22-11-8-16/h15-16,18H,4-14H2,1-3H3/t15-/m1/s1. The minimum absolute atomic E-state index is 0.128. The van der Waals surface area contributed by atoms with Crippen molar-refractivity contribution in [3.63, 3.8) is 0 Å². The number of ether oxygens (including phenoxy) is 1. The molecule has 0 spiro atoms. The molecule has 6 heteroatoms. The molecular formula is C17H34N2O3S. The van der Waals surface area contributed by atoms with Gasteiger partial charge in [0.15, 0.2) is 0 Å². The molecule has 0 saturated carbocycles. The topological polar surface area (TPSA) is 58.6 Å². The number of nitrogens with zero attached hydrogens (tertiary/aromatic N) is 1. The van der Waals surface area contributed by atoms with Crippen LogP contribution in [0.5, 0.6) is 0 Å². The fourth-order valence-electron chi connectivity index (χ4n) is 3.63. The number of hydrogen-bond acceptors (Lipinski definition) is 4. The van der Waals surface area contributed by atoms with Gasteiger partial charge in [0, 0.05) is 31.8 Å². The number of likely N-dealkylation sites (tertiary alicyclic amines) is 1. The van der Waals surface area contributed by atoms with Crippen LogP contribution in [0.2, 0.25) is 0 Å². The summed E-state index contributed by atoms with van der Waals surface area (Å²) in [5.74, 6) is 1.23. The molecule has 5 nitrogen and oxygen atoms in total. The molecule has 0 unspecified atom stereocenters. The van der Waals surface area contributed by atoms with E-state index in [1.807, 2.05) is 0 Å². The highest BCUT2D eigenvalue weighted by atomic mass is 32.2. The highest BCUT2D eigenvalue weighted by Crippen LogP contribution is 2.25. The second-order valence-electron chi connectivity index (χ2n) is 7.83. The highest BCUT2D eigenvalue weighted by Gasteiger charge is 2.32. The fourth-order valence-corrected chi connectivity index (χ4v) is 5.27. The van der Waals surface area contributed by atoms with Crippen molar-refractivity contribution >= 4 is 10.0 Å². The van der Waals surface area contributed by atoms with Gasteiger partial charge >= 0.3 is 0 Å². The average Bonchev–Trinajstić information content (AvgIpc) is 2.54. The van der Waals surface area contributed by atoms with E-state index >= 15 is 0 Å². The molecule has 0 aromatic carbocycles. The fraction of sp³-hybridized carbons (Fsp3) is 1.00. The maximum absolute atomic E-state index is 12.4. The minimum atomic E-state index is -3.20. The predicted molar refractivity (Wildman–Crippen MR) is 94.0 cm³/mol. The first kappa shape index (κ1) is 19.2. The second kappa shape index (κ2) is 8.28. The zero-order chi connectivity index (χ0) is 16.9. The van der Waals surface area contributed by atoms with E-state index in [9.17, 15) is 8.42 Å². The molecule has 2 fully saturated rings. The van der Waals surface area contributed by atoms with Crippen molar-refractivity contribution in [2.75, 3.05) is 38.6 Å². The van der Waals surface area contributed by atoms with Gasteiger partial charge in [-0.25, -0.2) is 13.1 Å². The summed E-state index contributed by atoms with van der Waals surface area (Å²) >= 11 is 0. The number of rotatable bonds is 7. The molecule has 2 saturated heterocycles. The van der Waals surface area contributed by atoms with Crippen LogP contribution in [0.1, 0.15) is 52.9 Å². The smallest absolute Gasteiger partial charge is 0.211 e.